The van der Waals surface area contributed by atoms with Gasteiger partial charge in [0.2, 0.25) is 5.91 Å². The number of carbonyl (C=O) groups excluding carboxylic acids is 1. The fraction of sp³-hybridized carbons (Fsp3) is 0.600. The lowest BCUT2D eigenvalue weighted by atomic mass is 9.99. The summed E-state index contributed by atoms with van der Waals surface area (Å²) in [6.07, 6.45) is 6.96. The first-order valence-electron chi connectivity index (χ1n) is 6.96. The van der Waals surface area contributed by atoms with E-state index in [2.05, 4.69) is 4.98 Å². The summed E-state index contributed by atoms with van der Waals surface area (Å²) >= 11 is 0. The molecule has 104 valence electrons. The molecule has 4 heteroatoms. The van der Waals surface area contributed by atoms with E-state index < -0.39 is 0 Å². The first kappa shape index (κ1) is 14.0. The maximum absolute atomic E-state index is 12.3. The van der Waals surface area contributed by atoms with Gasteiger partial charge in [0.1, 0.15) is 0 Å². The maximum Gasteiger partial charge on any atom is 0.223 e. The van der Waals surface area contributed by atoms with Crippen LogP contribution in [0, 0.1) is 0 Å². The summed E-state index contributed by atoms with van der Waals surface area (Å²) in [6.45, 7) is 4.78. The average molecular weight is 261 g/mol. The minimum Gasteiger partial charge on any atom is -0.336 e. The van der Waals surface area contributed by atoms with Gasteiger partial charge in [0.25, 0.3) is 0 Å². The molecule has 1 amide bonds. The molecule has 1 fully saturated rings. The Labute approximate surface area is 115 Å². The molecule has 0 aromatic carbocycles. The normalized spacial score (nSPS) is 19.7. The van der Waals surface area contributed by atoms with Crippen LogP contribution in [0.2, 0.25) is 0 Å². The summed E-state index contributed by atoms with van der Waals surface area (Å²) < 4.78 is 0. The van der Waals surface area contributed by atoms with E-state index in [-0.39, 0.29) is 17.5 Å². The van der Waals surface area contributed by atoms with E-state index in [1.54, 1.807) is 12.4 Å². The molecular formula is C15H23N3O. The Balaban J connectivity index is 2.01. The molecule has 1 unspecified atom stereocenters. The quantitative estimate of drug-likeness (QED) is 0.904. The van der Waals surface area contributed by atoms with Gasteiger partial charge in [-0.05, 0) is 50.8 Å². The Morgan fingerprint density at radius 1 is 1.47 bits per heavy atom. The van der Waals surface area contributed by atoms with Gasteiger partial charge in [-0.2, -0.15) is 0 Å². The van der Waals surface area contributed by atoms with Crippen molar-refractivity contribution in [2.45, 2.75) is 51.1 Å². The van der Waals surface area contributed by atoms with Crippen LogP contribution < -0.4 is 5.73 Å². The molecule has 0 saturated carbocycles. The first-order chi connectivity index (χ1) is 8.97. The van der Waals surface area contributed by atoms with Crippen molar-refractivity contribution < 1.29 is 4.79 Å². The van der Waals surface area contributed by atoms with Crippen molar-refractivity contribution >= 4 is 5.91 Å². The zero-order valence-electron chi connectivity index (χ0n) is 11.8. The van der Waals surface area contributed by atoms with E-state index in [4.69, 9.17) is 5.73 Å². The molecule has 1 aromatic heterocycles. The van der Waals surface area contributed by atoms with Gasteiger partial charge in [0, 0.05) is 30.9 Å². The van der Waals surface area contributed by atoms with E-state index in [1.807, 2.05) is 30.9 Å². The van der Waals surface area contributed by atoms with Gasteiger partial charge in [0.05, 0.1) is 6.04 Å². The fourth-order valence-corrected chi connectivity index (χ4v) is 2.57. The molecule has 19 heavy (non-hydrogen) atoms. The van der Waals surface area contributed by atoms with Gasteiger partial charge in [-0.15, -0.1) is 0 Å². The van der Waals surface area contributed by atoms with E-state index in [9.17, 15) is 4.79 Å². The van der Waals surface area contributed by atoms with Crippen molar-refractivity contribution in [3.05, 3.63) is 30.1 Å². The molecule has 1 atom stereocenters. The summed E-state index contributed by atoms with van der Waals surface area (Å²) in [5.41, 5.74) is 6.86. The monoisotopic (exact) mass is 261 g/mol. The molecule has 4 nitrogen and oxygen atoms in total. The van der Waals surface area contributed by atoms with Crippen LogP contribution >= 0.6 is 0 Å². The zero-order valence-corrected chi connectivity index (χ0v) is 11.8. The van der Waals surface area contributed by atoms with Crippen LogP contribution in [0.25, 0.3) is 0 Å². The number of nitrogens with two attached hydrogens (primary N) is 1. The number of hydrogen-bond donors (Lipinski definition) is 1. The Morgan fingerprint density at radius 2 is 2.16 bits per heavy atom. The summed E-state index contributed by atoms with van der Waals surface area (Å²) in [7, 11) is 0. The highest BCUT2D eigenvalue weighted by Gasteiger charge is 2.30. The number of nitrogens with zero attached hydrogens (tertiary/aromatic N) is 2. The molecule has 0 bridgehead atoms. The van der Waals surface area contributed by atoms with E-state index >= 15 is 0 Å². The Hall–Kier alpha value is -1.42. The molecule has 1 aliphatic heterocycles. The average Bonchev–Trinajstić information content (AvgIpc) is 2.85. The van der Waals surface area contributed by atoms with Gasteiger partial charge in [-0.3, -0.25) is 9.78 Å². The van der Waals surface area contributed by atoms with Crippen molar-refractivity contribution in [3.8, 4) is 0 Å². The van der Waals surface area contributed by atoms with Gasteiger partial charge in [-0.25, -0.2) is 0 Å². The third-order valence-corrected chi connectivity index (χ3v) is 3.65. The van der Waals surface area contributed by atoms with E-state index in [0.29, 0.717) is 6.42 Å². The molecule has 1 saturated heterocycles. The molecular weight excluding hydrogens is 238 g/mol. The summed E-state index contributed by atoms with van der Waals surface area (Å²) in [6, 6.07) is 4.23. The maximum atomic E-state index is 12.3. The summed E-state index contributed by atoms with van der Waals surface area (Å²) in [4.78, 5) is 18.4. The van der Waals surface area contributed by atoms with Crippen LogP contribution in [0.4, 0.5) is 0 Å². The lowest BCUT2D eigenvalue weighted by molar-refractivity contribution is -0.132. The van der Waals surface area contributed by atoms with Crippen LogP contribution in [-0.4, -0.2) is 27.9 Å². The Morgan fingerprint density at radius 3 is 2.79 bits per heavy atom. The lowest BCUT2D eigenvalue weighted by Crippen LogP contribution is -2.36. The molecule has 2 heterocycles. The van der Waals surface area contributed by atoms with Crippen LogP contribution in [0.3, 0.4) is 0 Å². The van der Waals surface area contributed by atoms with E-state index in [0.717, 1.165) is 25.8 Å². The van der Waals surface area contributed by atoms with Crippen molar-refractivity contribution in [3.63, 3.8) is 0 Å². The summed E-state index contributed by atoms with van der Waals surface area (Å²) in [5.74, 6) is 0.220. The number of hydrogen-bond acceptors (Lipinski definition) is 3. The van der Waals surface area contributed by atoms with Gasteiger partial charge in [-0.1, -0.05) is 0 Å². The molecule has 2 N–H and O–H groups in total. The Kier molecular flexibility index (Phi) is 4.20. The third kappa shape index (κ3) is 3.77. The molecule has 0 spiro atoms. The minimum atomic E-state index is -0.276. The SMILES string of the molecule is CC(C)(N)CCC(=O)N1CCCC1c1ccncc1. The molecule has 0 radical (unpaired) electrons. The number of amides is 1. The zero-order chi connectivity index (χ0) is 13.9. The largest absolute Gasteiger partial charge is 0.336 e. The first-order valence-corrected chi connectivity index (χ1v) is 6.96. The van der Waals surface area contributed by atoms with Crippen molar-refractivity contribution in [2.24, 2.45) is 5.73 Å². The molecule has 1 aliphatic rings. The fourth-order valence-electron chi connectivity index (χ4n) is 2.57. The second-order valence-electron chi connectivity index (χ2n) is 6.01. The predicted molar refractivity (Wildman–Crippen MR) is 75.4 cm³/mol. The predicted octanol–water partition coefficient (Wildman–Crippen LogP) is 2.26. The molecule has 1 aromatic rings. The number of carbonyl (C=O) groups is 1. The third-order valence-electron chi connectivity index (χ3n) is 3.65. The topological polar surface area (TPSA) is 59.2 Å². The van der Waals surface area contributed by atoms with Crippen LogP contribution in [0.5, 0.6) is 0 Å². The van der Waals surface area contributed by atoms with Crippen LogP contribution in [-0.2, 0) is 4.79 Å². The molecule has 2 rings (SSSR count). The van der Waals surface area contributed by atoms with E-state index in [1.165, 1.54) is 5.56 Å². The lowest BCUT2D eigenvalue weighted by Gasteiger charge is -2.26. The van der Waals surface area contributed by atoms with Crippen LogP contribution in [0.15, 0.2) is 24.5 Å². The van der Waals surface area contributed by atoms with Crippen molar-refractivity contribution in [2.75, 3.05) is 6.54 Å². The highest BCUT2D eigenvalue weighted by atomic mass is 16.2. The standard InChI is InChI=1S/C15H23N3O/c1-15(2,16)8-5-14(19)18-11-3-4-13(18)12-6-9-17-10-7-12/h6-7,9-10,13H,3-5,8,11,16H2,1-2H3. The summed E-state index contributed by atoms with van der Waals surface area (Å²) in [5, 5.41) is 0. The second-order valence-corrected chi connectivity index (χ2v) is 6.01. The minimum absolute atomic E-state index is 0.219. The van der Waals surface area contributed by atoms with Crippen LogP contribution in [0.1, 0.15) is 51.1 Å². The van der Waals surface area contributed by atoms with Crippen molar-refractivity contribution in [1.29, 1.82) is 0 Å². The van der Waals surface area contributed by atoms with Crippen molar-refractivity contribution in [1.82, 2.24) is 9.88 Å². The number of aromatic nitrogens is 1. The second kappa shape index (κ2) is 5.70. The molecule has 0 aliphatic carbocycles. The Bertz CT molecular complexity index is 425. The number of rotatable bonds is 4. The number of pyridine rings is 1. The highest BCUT2D eigenvalue weighted by molar-refractivity contribution is 5.77. The number of likely N-dealkylation sites (tertiary alicyclic amines) is 1. The highest BCUT2D eigenvalue weighted by Crippen LogP contribution is 2.32. The van der Waals surface area contributed by atoms with Gasteiger partial charge in [0.15, 0.2) is 0 Å². The smallest absolute Gasteiger partial charge is 0.223 e. The van der Waals surface area contributed by atoms with Gasteiger partial charge < -0.3 is 10.6 Å². The van der Waals surface area contributed by atoms with Gasteiger partial charge >= 0.3 is 0 Å².